The summed E-state index contributed by atoms with van der Waals surface area (Å²) in [6.07, 6.45) is 8.64. The molecule has 0 heteroatoms. The molecule has 2 rings (SSSR count). The fraction of sp³-hybridized carbons (Fsp3) is 0.429. The van der Waals surface area contributed by atoms with Crippen LogP contribution in [0.4, 0.5) is 0 Å². The van der Waals surface area contributed by atoms with Crippen LogP contribution >= 0.6 is 0 Å². The van der Waals surface area contributed by atoms with Gasteiger partial charge in [-0.05, 0) is 54.4 Å². The highest BCUT2D eigenvalue weighted by Gasteiger charge is 2.05. The average molecular weight is 280 g/mol. The number of unbranched alkanes of at least 4 members (excludes halogenated alkanes) is 2. The molecule has 0 radical (unpaired) electrons. The van der Waals surface area contributed by atoms with E-state index in [1.54, 1.807) is 5.56 Å². The lowest BCUT2D eigenvalue weighted by atomic mass is 9.93. The summed E-state index contributed by atoms with van der Waals surface area (Å²) in [6.45, 7) is 4.54. The molecule has 0 aromatic heterocycles. The second-order valence-electron chi connectivity index (χ2n) is 5.97. The van der Waals surface area contributed by atoms with Crippen LogP contribution in [-0.2, 0) is 19.3 Å². The molecule has 0 bridgehead atoms. The second kappa shape index (κ2) is 8.67. The molecule has 112 valence electrons. The lowest BCUT2D eigenvalue weighted by molar-refractivity contribution is 0.775. The van der Waals surface area contributed by atoms with Crippen LogP contribution in [-0.4, -0.2) is 0 Å². The van der Waals surface area contributed by atoms with Gasteiger partial charge in [-0.25, -0.2) is 0 Å². The van der Waals surface area contributed by atoms with E-state index < -0.39 is 0 Å². The molecular formula is C21H28. The van der Waals surface area contributed by atoms with E-state index in [2.05, 4.69) is 62.4 Å². The maximum absolute atomic E-state index is 2.46. The molecule has 0 unspecified atom stereocenters. The third-order valence-electron chi connectivity index (χ3n) is 4.13. The Labute approximate surface area is 130 Å². The molecule has 0 heterocycles. The van der Waals surface area contributed by atoms with Crippen LogP contribution in [0, 0.1) is 0 Å². The van der Waals surface area contributed by atoms with Crippen molar-refractivity contribution in [2.75, 3.05) is 0 Å². The van der Waals surface area contributed by atoms with Crippen molar-refractivity contribution in [1.82, 2.24) is 0 Å². The molecule has 0 spiro atoms. The highest BCUT2D eigenvalue weighted by atomic mass is 14.1. The molecule has 0 N–H and O–H groups in total. The number of aryl methyl sites for hydroxylation is 2. The monoisotopic (exact) mass is 280 g/mol. The minimum atomic E-state index is 1.06. The van der Waals surface area contributed by atoms with Crippen molar-refractivity contribution in [1.29, 1.82) is 0 Å². The molecule has 0 nitrogen and oxygen atoms in total. The highest BCUT2D eigenvalue weighted by molar-refractivity contribution is 5.36. The van der Waals surface area contributed by atoms with E-state index in [9.17, 15) is 0 Å². The first kappa shape index (κ1) is 15.8. The first-order valence-corrected chi connectivity index (χ1v) is 8.48. The summed E-state index contributed by atoms with van der Waals surface area (Å²) in [5.41, 5.74) is 6.00. The van der Waals surface area contributed by atoms with E-state index in [1.165, 1.54) is 55.2 Å². The molecule has 0 saturated carbocycles. The number of benzene rings is 2. The smallest absolute Gasteiger partial charge is 0.00230 e. The maximum atomic E-state index is 2.46. The molecule has 0 aliphatic carbocycles. The first-order chi connectivity index (χ1) is 10.3. The Morgan fingerprint density at radius 2 is 1.38 bits per heavy atom. The van der Waals surface area contributed by atoms with Gasteiger partial charge < -0.3 is 0 Å². The van der Waals surface area contributed by atoms with Crippen molar-refractivity contribution in [3.63, 3.8) is 0 Å². The van der Waals surface area contributed by atoms with E-state index >= 15 is 0 Å². The molecule has 0 atom stereocenters. The Morgan fingerprint density at radius 1 is 0.667 bits per heavy atom. The molecule has 0 aliphatic rings. The summed E-state index contributed by atoms with van der Waals surface area (Å²) in [5, 5.41) is 0. The van der Waals surface area contributed by atoms with Crippen molar-refractivity contribution in [3.8, 4) is 0 Å². The summed E-state index contributed by atoms with van der Waals surface area (Å²) in [4.78, 5) is 0. The number of hydrogen-bond donors (Lipinski definition) is 0. The van der Waals surface area contributed by atoms with Crippen molar-refractivity contribution < 1.29 is 0 Å². The average Bonchev–Trinajstić information content (AvgIpc) is 2.53. The predicted molar refractivity (Wildman–Crippen MR) is 92.9 cm³/mol. The van der Waals surface area contributed by atoms with Gasteiger partial charge in [-0.1, -0.05) is 75.2 Å². The van der Waals surface area contributed by atoms with Crippen LogP contribution in [0.1, 0.15) is 61.8 Å². The topological polar surface area (TPSA) is 0 Å². The van der Waals surface area contributed by atoms with Gasteiger partial charge in [0.05, 0.1) is 0 Å². The minimum Gasteiger partial charge on any atom is -0.0654 e. The van der Waals surface area contributed by atoms with Crippen LogP contribution in [0.25, 0.3) is 0 Å². The predicted octanol–water partition coefficient (Wildman–Crippen LogP) is 5.96. The molecule has 0 saturated heterocycles. The van der Waals surface area contributed by atoms with Crippen molar-refractivity contribution in [2.45, 2.75) is 58.8 Å². The fourth-order valence-electron chi connectivity index (χ4n) is 2.80. The van der Waals surface area contributed by atoms with Gasteiger partial charge in [-0.2, -0.15) is 0 Å². The van der Waals surface area contributed by atoms with Crippen LogP contribution in [0.2, 0.25) is 0 Å². The van der Waals surface area contributed by atoms with Crippen molar-refractivity contribution >= 4 is 0 Å². The van der Waals surface area contributed by atoms with Gasteiger partial charge in [0, 0.05) is 0 Å². The summed E-state index contributed by atoms with van der Waals surface area (Å²) < 4.78 is 0. The fourth-order valence-corrected chi connectivity index (χ4v) is 2.80. The van der Waals surface area contributed by atoms with Crippen LogP contribution in [0.15, 0.2) is 48.5 Å². The Kier molecular flexibility index (Phi) is 6.53. The standard InChI is InChI=1S/C21H28/c1-3-5-10-19-14-15-21(20(17-19)13-6-4-2)16-18-11-8-7-9-12-18/h7-9,11-12,14-15,17H,3-6,10,13,16H2,1-2H3. The quantitative estimate of drug-likeness (QED) is 0.559. The molecular weight excluding hydrogens is 252 g/mol. The van der Waals surface area contributed by atoms with Gasteiger partial charge in [-0.3, -0.25) is 0 Å². The third kappa shape index (κ3) is 5.04. The van der Waals surface area contributed by atoms with E-state index in [0.29, 0.717) is 0 Å². The van der Waals surface area contributed by atoms with E-state index in [1.807, 2.05) is 0 Å². The van der Waals surface area contributed by atoms with Gasteiger partial charge in [-0.15, -0.1) is 0 Å². The van der Waals surface area contributed by atoms with Crippen LogP contribution in [0.3, 0.4) is 0 Å². The molecule has 0 amide bonds. The van der Waals surface area contributed by atoms with Crippen molar-refractivity contribution in [2.24, 2.45) is 0 Å². The van der Waals surface area contributed by atoms with Gasteiger partial charge in [0.25, 0.3) is 0 Å². The van der Waals surface area contributed by atoms with Gasteiger partial charge in [0.1, 0.15) is 0 Å². The largest absolute Gasteiger partial charge is 0.0654 e. The lowest BCUT2D eigenvalue weighted by Crippen LogP contribution is -1.98. The summed E-state index contributed by atoms with van der Waals surface area (Å²) in [5.74, 6) is 0. The van der Waals surface area contributed by atoms with Crippen molar-refractivity contribution in [3.05, 3.63) is 70.8 Å². The Balaban J connectivity index is 2.17. The molecule has 2 aromatic carbocycles. The molecule has 0 aliphatic heterocycles. The molecule has 2 aromatic rings. The minimum absolute atomic E-state index is 1.06. The van der Waals surface area contributed by atoms with Gasteiger partial charge >= 0.3 is 0 Å². The second-order valence-corrected chi connectivity index (χ2v) is 5.97. The molecule has 21 heavy (non-hydrogen) atoms. The molecule has 0 fully saturated rings. The van der Waals surface area contributed by atoms with Gasteiger partial charge in [0.2, 0.25) is 0 Å². The van der Waals surface area contributed by atoms with E-state index in [-0.39, 0.29) is 0 Å². The zero-order valence-electron chi connectivity index (χ0n) is 13.6. The summed E-state index contributed by atoms with van der Waals surface area (Å²) in [6, 6.07) is 18.0. The number of rotatable bonds is 8. The normalized spacial score (nSPS) is 10.8. The Morgan fingerprint density at radius 3 is 2.10 bits per heavy atom. The van der Waals surface area contributed by atoms with Crippen LogP contribution < -0.4 is 0 Å². The van der Waals surface area contributed by atoms with Crippen LogP contribution in [0.5, 0.6) is 0 Å². The maximum Gasteiger partial charge on any atom is -0.00230 e. The SMILES string of the molecule is CCCCc1ccc(Cc2ccccc2)c(CCCC)c1. The zero-order chi connectivity index (χ0) is 14.9. The number of hydrogen-bond acceptors (Lipinski definition) is 0. The van der Waals surface area contributed by atoms with E-state index in [0.717, 1.165) is 6.42 Å². The highest BCUT2D eigenvalue weighted by Crippen LogP contribution is 2.20. The Bertz CT molecular complexity index is 525. The third-order valence-corrected chi connectivity index (χ3v) is 4.13. The van der Waals surface area contributed by atoms with E-state index in [4.69, 9.17) is 0 Å². The summed E-state index contributed by atoms with van der Waals surface area (Å²) in [7, 11) is 0. The summed E-state index contributed by atoms with van der Waals surface area (Å²) >= 11 is 0. The Hall–Kier alpha value is -1.56. The zero-order valence-corrected chi connectivity index (χ0v) is 13.6. The lowest BCUT2D eigenvalue weighted by Gasteiger charge is -2.12. The first-order valence-electron chi connectivity index (χ1n) is 8.48. The van der Waals surface area contributed by atoms with Gasteiger partial charge in [0.15, 0.2) is 0 Å².